The highest BCUT2D eigenvalue weighted by molar-refractivity contribution is 7.21. The molecule has 1 heterocycles. The van der Waals surface area contributed by atoms with Gasteiger partial charge in [-0.15, -0.1) is 0 Å². The van der Waals surface area contributed by atoms with Gasteiger partial charge in [-0.3, -0.25) is 0 Å². The number of phenols is 1. The Balaban J connectivity index is 2.51. The molecular formula is C14H17BO3. The molecule has 0 atom stereocenters. The van der Waals surface area contributed by atoms with Gasteiger partial charge < -0.3 is 14.7 Å². The zero-order chi connectivity index (χ0) is 13.7. The van der Waals surface area contributed by atoms with Gasteiger partial charge in [0.2, 0.25) is 0 Å². The summed E-state index contributed by atoms with van der Waals surface area (Å²) >= 11 is 0. The van der Waals surface area contributed by atoms with E-state index in [9.17, 15) is 14.7 Å². The highest BCUT2D eigenvalue weighted by Crippen LogP contribution is 2.46. The predicted molar refractivity (Wildman–Crippen MR) is 71.1 cm³/mol. The highest BCUT2D eigenvalue weighted by atomic mass is 16.3. The van der Waals surface area contributed by atoms with E-state index in [2.05, 4.69) is 0 Å². The van der Waals surface area contributed by atoms with E-state index in [1.807, 2.05) is 27.7 Å². The van der Waals surface area contributed by atoms with E-state index in [4.69, 9.17) is 0 Å². The third kappa shape index (κ3) is 1.52. The largest absolute Gasteiger partial charge is 0.508 e. The molecule has 0 aliphatic carbocycles. The van der Waals surface area contributed by atoms with Gasteiger partial charge in [0.05, 0.1) is 0 Å². The van der Waals surface area contributed by atoms with E-state index in [-0.39, 0.29) is 17.1 Å². The lowest BCUT2D eigenvalue weighted by Crippen LogP contribution is -2.43. The number of aromatic hydroxyl groups is 1. The third-order valence-corrected chi connectivity index (χ3v) is 4.55. The Labute approximate surface area is 107 Å². The highest BCUT2D eigenvalue weighted by Gasteiger charge is 2.61. The van der Waals surface area contributed by atoms with Gasteiger partial charge in [-0.25, -0.2) is 0 Å². The van der Waals surface area contributed by atoms with Crippen molar-refractivity contribution in [2.24, 2.45) is 10.8 Å². The smallest absolute Gasteiger partial charge is 0.334 e. The number of hydrogen-bond donors (Lipinski definition) is 1. The van der Waals surface area contributed by atoms with Crippen molar-refractivity contribution in [3.05, 3.63) is 24.3 Å². The van der Waals surface area contributed by atoms with Gasteiger partial charge in [-0.2, -0.15) is 0 Å². The van der Waals surface area contributed by atoms with Crippen LogP contribution < -0.4 is 5.46 Å². The molecule has 0 amide bonds. The van der Waals surface area contributed by atoms with Crippen molar-refractivity contribution in [2.75, 3.05) is 0 Å². The van der Waals surface area contributed by atoms with Gasteiger partial charge in [0.1, 0.15) is 17.1 Å². The molecule has 1 fully saturated rings. The molecule has 1 aliphatic heterocycles. The quantitative estimate of drug-likeness (QED) is 0.759. The van der Waals surface area contributed by atoms with Gasteiger partial charge in [0, 0.05) is 10.8 Å². The zero-order valence-electron chi connectivity index (χ0n) is 11.2. The average molecular weight is 244 g/mol. The number of rotatable bonds is 1. The predicted octanol–water partition coefficient (Wildman–Crippen LogP) is 1.38. The van der Waals surface area contributed by atoms with Gasteiger partial charge in [0.15, 0.2) is 0 Å². The number of hydrogen-bond acceptors (Lipinski definition) is 3. The van der Waals surface area contributed by atoms with E-state index in [1.54, 1.807) is 12.1 Å². The standard InChI is InChI=1S/C14H17BO3/c1-13(2)11(17)15(12(18)14(13,3)4)9-5-7-10(16)8-6-9/h5-8,16H,1-4H3. The Morgan fingerprint density at radius 2 is 1.28 bits per heavy atom. The summed E-state index contributed by atoms with van der Waals surface area (Å²) in [5.41, 5.74) is -0.730. The van der Waals surface area contributed by atoms with Crippen LogP contribution in [0.25, 0.3) is 0 Å². The first kappa shape index (κ1) is 12.9. The maximum absolute atomic E-state index is 12.5. The van der Waals surface area contributed by atoms with Crippen LogP contribution in [0.15, 0.2) is 24.3 Å². The van der Waals surface area contributed by atoms with Crippen molar-refractivity contribution in [3.8, 4) is 5.75 Å². The van der Waals surface area contributed by atoms with Crippen molar-refractivity contribution in [1.29, 1.82) is 0 Å². The molecule has 3 nitrogen and oxygen atoms in total. The lowest BCUT2D eigenvalue weighted by atomic mass is 9.40. The fourth-order valence-electron chi connectivity index (χ4n) is 2.43. The number of carbonyl (C=O) groups excluding carboxylic acids is 2. The van der Waals surface area contributed by atoms with Crippen molar-refractivity contribution in [3.63, 3.8) is 0 Å². The third-order valence-electron chi connectivity index (χ3n) is 4.55. The van der Waals surface area contributed by atoms with Gasteiger partial charge >= 0.3 is 6.71 Å². The van der Waals surface area contributed by atoms with Crippen LogP contribution in [-0.4, -0.2) is 23.2 Å². The van der Waals surface area contributed by atoms with Crippen LogP contribution in [-0.2, 0) is 9.59 Å². The molecular weight excluding hydrogens is 227 g/mol. The van der Waals surface area contributed by atoms with Gasteiger partial charge in [-0.05, 0) is 12.1 Å². The molecule has 1 aliphatic rings. The topological polar surface area (TPSA) is 54.4 Å². The summed E-state index contributed by atoms with van der Waals surface area (Å²) in [6.07, 6.45) is 0. The summed E-state index contributed by atoms with van der Waals surface area (Å²) in [6, 6.07) is 6.31. The molecule has 1 aromatic rings. The normalized spacial score (nSPS) is 21.4. The van der Waals surface area contributed by atoms with E-state index in [0.717, 1.165) is 0 Å². The maximum atomic E-state index is 12.5. The Morgan fingerprint density at radius 1 is 0.889 bits per heavy atom. The Hall–Kier alpha value is -1.58. The first-order valence-corrected chi connectivity index (χ1v) is 6.07. The maximum Gasteiger partial charge on any atom is 0.334 e. The van der Waals surface area contributed by atoms with Crippen LogP contribution in [0.4, 0.5) is 0 Å². The minimum atomic E-state index is -0.699. The van der Waals surface area contributed by atoms with Crippen molar-refractivity contribution in [2.45, 2.75) is 27.7 Å². The lowest BCUT2D eigenvalue weighted by molar-refractivity contribution is -0.129. The molecule has 18 heavy (non-hydrogen) atoms. The summed E-state index contributed by atoms with van der Waals surface area (Å²) in [7, 11) is 0. The van der Waals surface area contributed by atoms with Crippen LogP contribution in [0, 0.1) is 10.8 Å². The van der Waals surface area contributed by atoms with Gasteiger partial charge in [0.25, 0.3) is 0 Å². The first-order valence-electron chi connectivity index (χ1n) is 6.07. The molecule has 0 aromatic heterocycles. The number of benzene rings is 1. The minimum Gasteiger partial charge on any atom is -0.508 e. The van der Waals surface area contributed by atoms with E-state index < -0.39 is 17.5 Å². The van der Waals surface area contributed by atoms with Crippen LogP contribution in [0.3, 0.4) is 0 Å². The molecule has 1 saturated heterocycles. The van der Waals surface area contributed by atoms with Crippen LogP contribution >= 0.6 is 0 Å². The number of phenolic OH excluding ortho intramolecular Hbond substituents is 1. The van der Waals surface area contributed by atoms with Crippen molar-refractivity contribution < 1.29 is 14.7 Å². The monoisotopic (exact) mass is 244 g/mol. The molecule has 2 rings (SSSR count). The van der Waals surface area contributed by atoms with Crippen LogP contribution in [0.2, 0.25) is 0 Å². The summed E-state index contributed by atoms with van der Waals surface area (Å²) in [6.45, 7) is 6.61. The van der Waals surface area contributed by atoms with E-state index >= 15 is 0 Å². The molecule has 1 N–H and O–H groups in total. The Bertz CT molecular complexity index is 488. The Morgan fingerprint density at radius 3 is 1.67 bits per heavy atom. The fourth-order valence-corrected chi connectivity index (χ4v) is 2.43. The lowest BCUT2D eigenvalue weighted by Gasteiger charge is -2.31. The van der Waals surface area contributed by atoms with Crippen LogP contribution in [0.1, 0.15) is 27.7 Å². The van der Waals surface area contributed by atoms with E-state index in [1.165, 1.54) is 12.1 Å². The fraction of sp³-hybridized carbons (Fsp3) is 0.429. The van der Waals surface area contributed by atoms with Gasteiger partial charge in [-0.1, -0.05) is 45.3 Å². The zero-order valence-corrected chi connectivity index (χ0v) is 11.2. The second-order valence-corrected chi connectivity index (χ2v) is 6.00. The van der Waals surface area contributed by atoms with Crippen molar-refractivity contribution >= 4 is 23.5 Å². The van der Waals surface area contributed by atoms with Crippen molar-refractivity contribution in [1.82, 2.24) is 0 Å². The molecule has 0 bridgehead atoms. The molecule has 94 valence electrons. The molecule has 4 heteroatoms. The SMILES string of the molecule is CC1(C)C(=O)B(c2ccc(O)cc2)C(=O)C1(C)C. The second kappa shape index (κ2) is 3.71. The molecule has 0 saturated carbocycles. The molecule has 1 aromatic carbocycles. The summed E-state index contributed by atoms with van der Waals surface area (Å²) < 4.78 is 0. The Kier molecular flexibility index (Phi) is 2.65. The average Bonchev–Trinajstić information content (AvgIpc) is 2.41. The van der Waals surface area contributed by atoms with Crippen LogP contribution in [0.5, 0.6) is 5.75 Å². The summed E-state index contributed by atoms with van der Waals surface area (Å²) in [4.78, 5) is 24.9. The second-order valence-electron chi connectivity index (χ2n) is 6.00. The minimum absolute atomic E-state index is 0.0387. The summed E-state index contributed by atoms with van der Waals surface area (Å²) in [5.74, 6) is 0.134. The summed E-state index contributed by atoms with van der Waals surface area (Å²) in [5, 5.41) is 9.27. The van der Waals surface area contributed by atoms with E-state index in [0.29, 0.717) is 5.46 Å². The first-order chi connectivity index (χ1) is 8.19. The molecule has 0 spiro atoms. The molecule has 0 unspecified atom stereocenters. The number of carbonyl (C=O) groups is 2. The molecule has 0 radical (unpaired) electrons.